The highest BCUT2D eigenvalue weighted by molar-refractivity contribution is 6.05. The molecule has 0 spiro atoms. The van der Waals surface area contributed by atoms with Gasteiger partial charge in [-0.3, -0.25) is 9.59 Å². The van der Waals surface area contributed by atoms with Crippen LogP contribution in [0, 0.1) is 5.92 Å². The minimum atomic E-state index is -0.216. The Bertz CT molecular complexity index is 927. The number of rotatable bonds is 6. The van der Waals surface area contributed by atoms with Crippen molar-refractivity contribution in [1.29, 1.82) is 0 Å². The van der Waals surface area contributed by atoms with Crippen LogP contribution in [0.2, 0.25) is 0 Å². The van der Waals surface area contributed by atoms with Crippen molar-refractivity contribution in [3.63, 3.8) is 0 Å². The van der Waals surface area contributed by atoms with Gasteiger partial charge in [0.2, 0.25) is 5.91 Å². The standard InChI is InChI=1S/C25H29N3O2/c1-18-13-15-28(16-14-18)23-11-10-21(17-22(23)25(30)27-20-8-9-20)26-24(29)12-7-19-5-3-2-4-6-19/h2-7,10-12,17-18,20H,8-9,13-16H2,1H3,(H,26,29)(H,27,30). The average molecular weight is 404 g/mol. The van der Waals surface area contributed by atoms with E-state index in [1.807, 2.05) is 42.5 Å². The molecule has 1 saturated heterocycles. The minimum absolute atomic E-state index is 0.0537. The summed E-state index contributed by atoms with van der Waals surface area (Å²) in [4.78, 5) is 27.6. The largest absolute Gasteiger partial charge is 0.371 e. The fraction of sp³-hybridized carbons (Fsp3) is 0.360. The van der Waals surface area contributed by atoms with Crippen molar-refractivity contribution >= 4 is 29.3 Å². The first kappa shape index (κ1) is 20.2. The molecule has 2 aliphatic rings. The third kappa shape index (κ3) is 5.29. The smallest absolute Gasteiger partial charge is 0.253 e. The molecule has 2 N–H and O–H groups in total. The van der Waals surface area contributed by atoms with E-state index in [-0.39, 0.29) is 11.8 Å². The van der Waals surface area contributed by atoms with Crippen LogP contribution in [0.5, 0.6) is 0 Å². The zero-order valence-corrected chi connectivity index (χ0v) is 17.4. The molecule has 156 valence electrons. The number of hydrogen-bond acceptors (Lipinski definition) is 3. The van der Waals surface area contributed by atoms with Crippen molar-refractivity contribution in [1.82, 2.24) is 5.32 Å². The van der Waals surface area contributed by atoms with E-state index in [0.29, 0.717) is 17.3 Å². The topological polar surface area (TPSA) is 61.4 Å². The van der Waals surface area contributed by atoms with Crippen LogP contribution in [-0.4, -0.2) is 30.9 Å². The van der Waals surface area contributed by atoms with Crippen LogP contribution in [0.25, 0.3) is 6.08 Å². The number of piperidine rings is 1. The molecule has 0 radical (unpaired) electrons. The number of carbonyl (C=O) groups is 2. The Morgan fingerprint density at radius 2 is 1.73 bits per heavy atom. The number of amides is 2. The molecule has 1 aliphatic carbocycles. The lowest BCUT2D eigenvalue weighted by atomic mass is 9.97. The second kappa shape index (κ2) is 9.16. The number of nitrogens with zero attached hydrogens (tertiary/aromatic N) is 1. The second-order valence-electron chi connectivity index (χ2n) is 8.38. The SMILES string of the molecule is CC1CCN(c2ccc(NC(=O)C=Cc3ccccc3)cc2C(=O)NC2CC2)CC1. The maximum atomic E-state index is 12.9. The highest BCUT2D eigenvalue weighted by Gasteiger charge is 2.27. The molecular weight excluding hydrogens is 374 g/mol. The van der Waals surface area contributed by atoms with E-state index in [2.05, 4.69) is 22.5 Å². The third-order valence-corrected chi connectivity index (χ3v) is 5.77. The van der Waals surface area contributed by atoms with Gasteiger partial charge >= 0.3 is 0 Å². The van der Waals surface area contributed by atoms with Gasteiger partial charge in [-0.2, -0.15) is 0 Å². The molecular formula is C25H29N3O2. The predicted octanol–water partition coefficient (Wildman–Crippen LogP) is 4.47. The van der Waals surface area contributed by atoms with Crippen molar-refractivity contribution in [2.75, 3.05) is 23.3 Å². The highest BCUT2D eigenvalue weighted by atomic mass is 16.2. The molecule has 0 atom stereocenters. The van der Waals surface area contributed by atoms with Crippen LogP contribution in [0.1, 0.15) is 48.5 Å². The molecule has 2 aromatic carbocycles. The Morgan fingerprint density at radius 3 is 2.43 bits per heavy atom. The first-order valence-corrected chi connectivity index (χ1v) is 10.8. The summed E-state index contributed by atoms with van der Waals surface area (Å²) in [5.74, 6) is 0.453. The molecule has 5 heteroatoms. The molecule has 0 unspecified atom stereocenters. The lowest BCUT2D eigenvalue weighted by Crippen LogP contribution is -2.35. The van der Waals surface area contributed by atoms with Crippen molar-refractivity contribution in [2.24, 2.45) is 5.92 Å². The summed E-state index contributed by atoms with van der Waals surface area (Å²) < 4.78 is 0. The highest BCUT2D eigenvalue weighted by Crippen LogP contribution is 2.30. The van der Waals surface area contributed by atoms with Crippen LogP contribution in [0.15, 0.2) is 54.6 Å². The van der Waals surface area contributed by atoms with E-state index < -0.39 is 0 Å². The van der Waals surface area contributed by atoms with Crippen LogP contribution < -0.4 is 15.5 Å². The zero-order chi connectivity index (χ0) is 20.9. The second-order valence-corrected chi connectivity index (χ2v) is 8.38. The molecule has 2 aromatic rings. The number of nitrogens with one attached hydrogen (secondary N) is 2. The van der Waals surface area contributed by atoms with E-state index in [9.17, 15) is 9.59 Å². The van der Waals surface area contributed by atoms with Crippen LogP contribution >= 0.6 is 0 Å². The Hall–Kier alpha value is -3.08. The third-order valence-electron chi connectivity index (χ3n) is 5.77. The summed E-state index contributed by atoms with van der Waals surface area (Å²) in [7, 11) is 0. The van der Waals surface area contributed by atoms with E-state index >= 15 is 0 Å². The summed E-state index contributed by atoms with van der Waals surface area (Å²) in [5.41, 5.74) is 3.19. The van der Waals surface area contributed by atoms with Crippen LogP contribution in [-0.2, 0) is 4.79 Å². The first-order chi connectivity index (χ1) is 14.6. The molecule has 2 amide bonds. The van der Waals surface area contributed by atoms with Gasteiger partial charge in [0.15, 0.2) is 0 Å². The molecule has 4 rings (SSSR count). The maximum Gasteiger partial charge on any atom is 0.253 e. The van der Waals surface area contributed by atoms with Crippen LogP contribution in [0.4, 0.5) is 11.4 Å². The Balaban J connectivity index is 1.51. The lowest BCUT2D eigenvalue weighted by molar-refractivity contribution is -0.111. The first-order valence-electron chi connectivity index (χ1n) is 10.8. The molecule has 1 aliphatic heterocycles. The van der Waals surface area contributed by atoms with Crippen molar-refractivity contribution in [3.8, 4) is 0 Å². The Labute approximate surface area is 178 Å². The quantitative estimate of drug-likeness (QED) is 0.700. The van der Waals surface area contributed by atoms with Gasteiger partial charge in [0.05, 0.1) is 5.56 Å². The van der Waals surface area contributed by atoms with E-state index in [4.69, 9.17) is 0 Å². The number of benzene rings is 2. The van der Waals surface area contributed by atoms with Gasteiger partial charge in [0, 0.05) is 36.6 Å². The summed E-state index contributed by atoms with van der Waals surface area (Å²) in [6, 6.07) is 15.6. The van der Waals surface area contributed by atoms with Gasteiger partial charge in [-0.25, -0.2) is 0 Å². The number of carbonyl (C=O) groups excluding carboxylic acids is 2. The Morgan fingerprint density at radius 1 is 1.00 bits per heavy atom. The number of hydrogen-bond donors (Lipinski definition) is 2. The summed E-state index contributed by atoms with van der Waals surface area (Å²) in [6.45, 7) is 4.19. The lowest BCUT2D eigenvalue weighted by Gasteiger charge is -2.33. The van der Waals surface area contributed by atoms with E-state index in [0.717, 1.165) is 55.9 Å². The summed E-state index contributed by atoms with van der Waals surface area (Å²) in [5, 5.41) is 5.98. The van der Waals surface area contributed by atoms with Gasteiger partial charge in [-0.05, 0) is 61.4 Å². The maximum absolute atomic E-state index is 12.9. The van der Waals surface area contributed by atoms with Gasteiger partial charge in [-0.15, -0.1) is 0 Å². The molecule has 2 fully saturated rings. The molecule has 30 heavy (non-hydrogen) atoms. The zero-order valence-electron chi connectivity index (χ0n) is 17.4. The molecule has 1 saturated carbocycles. The Kier molecular flexibility index (Phi) is 6.17. The van der Waals surface area contributed by atoms with Gasteiger partial charge in [0.25, 0.3) is 5.91 Å². The van der Waals surface area contributed by atoms with E-state index in [1.54, 1.807) is 12.1 Å². The van der Waals surface area contributed by atoms with Crippen molar-refractivity contribution < 1.29 is 9.59 Å². The van der Waals surface area contributed by atoms with Crippen molar-refractivity contribution in [2.45, 2.75) is 38.6 Å². The molecule has 0 bridgehead atoms. The molecule has 5 nitrogen and oxygen atoms in total. The van der Waals surface area contributed by atoms with E-state index in [1.165, 1.54) is 6.08 Å². The summed E-state index contributed by atoms with van der Waals surface area (Å²) in [6.07, 6.45) is 7.64. The normalized spacial score (nSPS) is 17.2. The van der Waals surface area contributed by atoms with Gasteiger partial charge in [0.1, 0.15) is 0 Å². The fourth-order valence-electron chi connectivity index (χ4n) is 3.73. The average Bonchev–Trinajstić information content (AvgIpc) is 3.58. The van der Waals surface area contributed by atoms with Gasteiger partial charge in [-0.1, -0.05) is 37.3 Å². The van der Waals surface area contributed by atoms with Gasteiger partial charge < -0.3 is 15.5 Å². The fourth-order valence-corrected chi connectivity index (χ4v) is 3.73. The molecule has 1 heterocycles. The van der Waals surface area contributed by atoms with Crippen LogP contribution in [0.3, 0.4) is 0 Å². The monoisotopic (exact) mass is 403 g/mol. The minimum Gasteiger partial charge on any atom is -0.371 e. The predicted molar refractivity (Wildman–Crippen MR) is 122 cm³/mol. The summed E-state index contributed by atoms with van der Waals surface area (Å²) >= 11 is 0. The number of anilines is 2. The molecule has 0 aromatic heterocycles. The van der Waals surface area contributed by atoms with Crippen molar-refractivity contribution in [3.05, 3.63) is 65.7 Å².